The van der Waals surface area contributed by atoms with Gasteiger partial charge < -0.3 is 20.1 Å². The molecule has 1 aliphatic rings. The van der Waals surface area contributed by atoms with Gasteiger partial charge in [-0.15, -0.1) is 0 Å². The quantitative estimate of drug-likeness (QED) is 0.156. The first-order valence-electron chi connectivity index (χ1n) is 16.1. The Morgan fingerprint density at radius 3 is 2.38 bits per heavy atom. The Bertz CT molecular complexity index is 1580. The predicted molar refractivity (Wildman–Crippen MR) is 177 cm³/mol. The lowest BCUT2D eigenvalue weighted by atomic mass is 9.85. The Labute approximate surface area is 266 Å². The van der Waals surface area contributed by atoms with Crippen LogP contribution >= 0.6 is 0 Å². The second-order valence-corrected chi connectivity index (χ2v) is 13.4. The number of fused-ring (bicyclic) bond motifs is 1. The number of carbonyl (C=O) groups excluding carboxylic acids is 3. The zero-order chi connectivity index (χ0) is 32.4. The van der Waals surface area contributed by atoms with Gasteiger partial charge in [-0.2, -0.15) is 8.42 Å². The smallest absolute Gasteiger partial charge is 0.268 e. The molecular weight excluding hydrogens is 592 g/mol. The van der Waals surface area contributed by atoms with Crippen LogP contribution in [0.25, 0.3) is 10.9 Å². The number of anilines is 1. The summed E-state index contributed by atoms with van der Waals surface area (Å²) in [5.41, 5.74) is 3.28. The topological polar surface area (TPSA) is 138 Å². The maximum atomic E-state index is 13.6. The van der Waals surface area contributed by atoms with Crippen LogP contribution in [-0.4, -0.2) is 60.1 Å². The molecule has 1 saturated carbocycles. The van der Waals surface area contributed by atoms with E-state index in [1.165, 1.54) is 0 Å². The number of benzene rings is 2. The zero-order valence-corrected chi connectivity index (χ0v) is 27.2. The van der Waals surface area contributed by atoms with E-state index in [1.807, 2.05) is 61.5 Å². The van der Waals surface area contributed by atoms with Crippen LogP contribution in [0.1, 0.15) is 81.3 Å². The lowest BCUT2D eigenvalue weighted by molar-refractivity contribution is -0.126. The highest BCUT2D eigenvalue weighted by Crippen LogP contribution is 2.26. The molecule has 3 N–H and O–H groups in total. The highest BCUT2D eigenvalue weighted by molar-refractivity contribution is 7.85. The van der Waals surface area contributed by atoms with Gasteiger partial charge >= 0.3 is 0 Å². The fraction of sp³-hybridized carbons (Fsp3) is 0.500. The Morgan fingerprint density at radius 1 is 0.933 bits per heavy atom. The second-order valence-electron chi connectivity index (χ2n) is 11.8. The van der Waals surface area contributed by atoms with Gasteiger partial charge in [0.05, 0.1) is 5.75 Å². The maximum Gasteiger partial charge on any atom is 0.268 e. The summed E-state index contributed by atoms with van der Waals surface area (Å²) in [4.78, 5) is 41.7. The molecule has 0 aliphatic heterocycles. The first-order chi connectivity index (χ1) is 21.6. The number of hydrogen-bond donors (Lipinski definition) is 3. The molecule has 1 fully saturated rings. The molecule has 4 rings (SSSR count). The van der Waals surface area contributed by atoms with E-state index in [4.69, 9.17) is 4.55 Å². The van der Waals surface area contributed by atoms with Crippen molar-refractivity contribution < 1.29 is 27.4 Å². The highest BCUT2D eigenvalue weighted by Gasteiger charge is 2.28. The summed E-state index contributed by atoms with van der Waals surface area (Å²) in [7, 11) is -3.91. The van der Waals surface area contributed by atoms with Crippen LogP contribution in [-0.2, 0) is 32.7 Å². The number of carbonyl (C=O) groups is 3. The molecule has 0 unspecified atom stereocenters. The summed E-state index contributed by atoms with van der Waals surface area (Å²) >= 11 is 0. The van der Waals surface area contributed by atoms with Crippen molar-refractivity contribution in [3.63, 3.8) is 0 Å². The molecular formula is C34H46N4O6S. The summed E-state index contributed by atoms with van der Waals surface area (Å²) < 4.78 is 32.2. The molecule has 0 saturated heterocycles. The fourth-order valence-corrected chi connectivity index (χ4v) is 6.68. The molecule has 45 heavy (non-hydrogen) atoms. The molecule has 0 atom stereocenters. The van der Waals surface area contributed by atoms with Crippen molar-refractivity contribution in [2.24, 2.45) is 5.92 Å². The van der Waals surface area contributed by atoms with Crippen LogP contribution in [0.5, 0.6) is 0 Å². The minimum atomic E-state index is -3.91. The molecule has 2 aromatic carbocycles. The van der Waals surface area contributed by atoms with Gasteiger partial charge in [-0.05, 0) is 81.7 Å². The molecule has 0 radical (unpaired) electrons. The Hall–Kier alpha value is -3.70. The highest BCUT2D eigenvalue weighted by atomic mass is 32.2. The monoisotopic (exact) mass is 638 g/mol. The maximum absolute atomic E-state index is 13.6. The second kappa shape index (κ2) is 16.0. The third-order valence-corrected chi connectivity index (χ3v) is 9.45. The molecule has 1 aliphatic carbocycles. The van der Waals surface area contributed by atoms with E-state index in [0.29, 0.717) is 57.3 Å². The third kappa shape index (κ3) is 9.64. The molecule has 3 aromatic rings. The van der Waals surface area contributed by atoms with Gasteiger partial charge in [-0.25, -0.2) is 0 Å². The van der Waals surface area contributed by atoms with Crippen LogP contribution in [0.2, 0.25) is 0 Å². The molecule has 1 aromatic heterocycles. The minimum Gasteiger partial charge on any atom is -0.356 e. The van der Waals surface area contributed by atoms with Gasteiger partial charge in [-0.1, -0.05) is 50.1 Å². The summed E-state index contributed by atoms with van der Waals surface area (Å²) in [6, 6.07) is 17.5. The van der Waals surface area contributed by atoms with E-state index in [2.05, 4.69) is 17.6 Å². The molecule has 11 heteroatoms. The molecule has 0 spiro atoms. The average molecular weight is 639 g/mol. The van der Waals surface area contributed by atoms with Gasteiger partial charge in [0.25, 0.3) is 16.0 Å². The van der Waals surface area contributed by atoms with Gasteiger partial charge in [0.2, 0.25) is 11.8 Å². The Morgan fingerprint density at radius 2 is 1.67 bits per heavy atom. The zero-order valence-electron chi connectivity index (χ0n) is 26.3. The minimum absolute atomic E-state index is 0.0151. The van der Waals surface area contributed by atoms with E-state index >= 15 is 0 Å². The SMILES string of the molecule is CCc1cccc(N(CC)C(=O)Cn2c(C(=O)N[C@H]3CC[C@H](C(=O)NCCCCCCS(=O)(=O)O)CC3)cc3ccccc32)c1. The summed E-state index contributed by atoms with van der Waals surface area (Å²) in [5.74, 6) is -0.637. The van der Waals surface area contributed by atoms with Crippen molar-refractivity contribution in [1.29, 1.82) is 0 Å². The Kier molecular flexibility index (Phi) is 12.2. The number of hydrogen-bond acceptors (Lipinski definition) is 5. The van der Waals surface area contributed by atoms with Gasteiger partial charge in [0.15, 0.2) is 0 Å². The molecule has 3 amide bonds. The number of aryl methyl sites for hydroxylation is 1. The van der Waals surface area contributed by atoms with Crippen molar-refractivity contribution in [1.82, 2.24) is 15.2 Å². The van der Waals surface area contributed by atoms with Crippen molar-refractivity contribution in [2.45, 2.75) is 84.2 Å². The average Bonchev–Trinajstić information content (AvgIpc) is 3.39. The fourth-order valence-electron chi connectivity index (χ4n) is 6.11. The number of rotatable bonds is 15. The van der Waals surface area contributed by atoms with Crippen molar-refractivity contribution in [2.75, 3.05) is 23.7 Å². The number of aromatic nitrogens is 1. The number of nitrogens with zero attached hydrogens (tertiary/aromatic N) is 2. The number of amides is 3. The number of nitrogens with one attached hydrogen (secondary N) is 2. The van der Waals surface area contributed by atoms with E-state index in [1.54, 1.807) is 9.47 Å². The van der Waals surface area contributed by atoms with Crippen molar-refractivity contribution in [3.8, 4) is 0 Å². The van der Waals surface area contributed by atoms with Crippen LogP contribution in [0.3, 0.4) is 0 Å². The predicted octanol–water partition coefficient (Wildman–Crippen LogP) is 5.11. The van der Waals surface area contributed by atoms with Gasteiger partial charge in [0, 0.05) is 41.6 Å². The van der Waals surface area contributed by atoms with Gasteiger partial charge in [-0.3, -0.25) is 18.9 Å². The van der Waals surface area contributed by atoms with E-state index in [-0.39, 0.29) is 42.0 Å². The van der Waals surface area contributed by atoms with Crippen LogP contribution in [0.4, 0.5) is 5.69 Å². The number of unbranched alkanes of at least 4 members (excludes halogenated alkanes) is 3. The summed E-state index contributed by atoms with van der Waals surface area (Å²) in [6.45, 7) is 5.12. The standard InChI is InChI=1S/C34H46N4O6S/c1-3-25-12-11-14-29(22-25)37(4-2)32(39)24-38-30-15-8-7-13-27(30)23-31(38)34(41)36-28-18-16-26(17-19-28)33(40)35-20-9-5-6-10-21-45(42,43)44/h7-8,11-15,22-23,26,28H,3-6,9-10,16-21,24H2,1-2H3,(H,35,40)(H,36,41)(H,42,43,44)/t26-,28-. The van der Waals surface area contributed by atoms with E-state index in [9.17, 15) is 22.8 Å². The Balaban J connectivity index is 1.32. The normalized spacial score (nSPS) is 16.8. The van der Waals surface area contributed by atoms with Crippen molar-refractivity contribution in [3.05, 3.63) is 65.9 Å². The van der Waals surface area contributed by atoms with Crippen LogP contribution in [0, 0.1) is 5.92 Å². The molecule has 1 heterocycles. The molecule has 244 valence electrons. The van der Waals surface area contributed by atoms with Crippen molar-refractivity contribution >= 4 is 44.4 Å². The largest absolute Gasteiger partial charge is 0.356 e. The van der Waals surface area contributed by atoms with Crippen LogP contribution < -0.4 is 15.5 Å². The molecule has 10 nitrogen and oxygen atoms in total. The first kappa shape index (κ1) is 34.2. The lowest BCUT2D eigenvalue weighted by Crippen LogP contribution is -2.42. The summed E-state index contributed by atoms with van der Waals surface area (Å²) in [5, 5.41) is 7.04. The number of para-hydroxylation sites is 1. The summed E-state index contributed by atoms with van der Waals surface area (Å²) in [6.07, 6.45) is 6.22. The van der Waals surface area contributed by atoms with Crippen LogP contribution in [0.15, 0.2) is 54.6 Å². The number of likely N-dealkylation sites (N-methyl/N-ethyl adjacent to an activating group) is 1. The van der Waals surface area contributed by atoms with E-state index in [0.717, 1.165) is 41.4 Å². The molecule has 0 bridgehead atoms. The lowest BCUT2D eigenvalue weighted by Gasteiger charge is -2.28. The van der Waals surface area contributed by atoms with E-state index < -0.39 is 10.1 Å². The third-order valence-electron chi connectivity index (χ3n) is 8.65. The first-order valence-corrected chi connectivity index (χ1v) is 17.7. The van der Waals surface area contributed by atoms with Gasteiger partial charge in [0.1, 0.15) is 12.2 Å².